The minimum Gasteiger partial charge on any atom is -0.497 e. The highest BCUT2D eigenvalue weighted by Crippen LogP contribution is 2.15. The minimum absolute atomic E-state index is 0.258. The average molecular weight is 269 g/mol. The summed E-state index contributed by atoms with van der Waals surface area (Å²) in [6, 6.07) is 16.3. The summed E-state index contributed by atoms with van der Waals surface area (Å²) in [5, 5.41) is 2.72. The molecule has 2 aromatic carbocycles. The number of para-hydroxylation sites is 1. The van der Waals surface area contributed by atoms with E-state index >= 15 is 0 Å². The molecule has 0 unspecified atom stereocenters. The lowest BCUT2D eigenvalue weighted by atomic mass is 10.3. The number of hydrogen-bond donors (Lipinski definition) is 1. The van der Waals surface area contributed by atoms with Gasteiger partial charge in [-0.25, -0.2) is 0 Å². The van der Waals surface area contributed by atoms with Crippen molar-refractivity contribution in [2.45, 2.75) is 0 Å². The molecule has 0 aliphatic carbocycles. The van der Waals surface area contributed by atoms with Crippen LogP contribution in [-0.2, 0) is 4.79 Å². The van der Waals surface area contributed by atoms with Gasteiger partial charge in [0.2, 0.25) is 0 Å². The Morgan fingerprint density at radius 2 is 1.70 bits per heavy atom. The van der Waals surface area contributed by atoms with Gasteiger partial charge in [-0.2, -0.15) is 0 Å². The summed E-state index contributed by atoms with van der Waals surface area (Å²) >= 11 is 0. The van der Waals surface area contributed by atoms with Crippen LogP contribution in [0.25, 0.3) is 0 Å². The number of benzene rings is 2. The van der Waals surface area contributed by atoms with E-state index in [0.717, 1.165) is 5.75 Å². The molecule has 0 aliphatic heterocycles. The van der Waals surface area contributed by atoms with Crippen molar-refractivity contribution in [1.29, 1.82) is 0 Å². The molecule has 0 saturated heterocycles. The second-order valence-electron chi connectivity index (χ2n) is 3.95. The number of nitrogens with one attached hydrogen (secondary N) is 1. The quantitative estimate of drug-likeness (QED) is 0.669. The fourth-order valence-electron chi connectivity index (χ4n) is 1.53. The van der Waals surface area contributed by atoms with Crippen molar-refractivity contribution in [2.24, 2.45) is 0 Å². The van der Waals surface area contributed by atoms with Crippen LogP contribution in [0.15, 0.2) is 66.9 Å². The molecule has 0 spiro atoms. The molecule has 0 aliphatic rings. The van der Waals surface area contributed by atoms with Gasteiger partial charge in [0, 0.05) is 11.8 Å². The number of rotatable bonds is 5. The van der Waals surface area contributed by atoms with Crippen LogP contribution >= 0.6 is 0 Å². The summed E-state index contributed by atoms with van der Waals surface area (Å²) in [5.74, 6) is 1.16. The van der Waals surface area contributed by atoms with E-state index in [0.29, 0.717) is 11.4 Å². The van der Waals surface area contributed by atoms with Gasteiger partial charge in [-0.15, -0.1) is 0 Å². The van der Waals surface area contributed by atoms with Crippen molar-refractivity contribution in [1.82, 2.24) is 0 Å². The Bertz CT molecular complexity index is 576. The largest absolute Gasteiger partial charge is 0.497 e. The van der Waals surface area contributed by atoms with E-state index in [1.54, 1.807) is 31.4 Å². The number of carbonyl (C=O) groups excluding carboxylic acids is 1. The number of ether oxygens (including phenoxy) is 2. The van der Waals surface area contributed by atoms with Gasteiger partial charge in [-0.05, 0) is 36.4 Å². The van der Waals surface area contributed by atoms with E-state index < -0.39 is 0 Å². The molecule has 0 aromatic heterocycles. The number of amides is 1. The Morgan fingerprint density at radius 3 is 2.35 bits per heavy atom. The zero-order chi connectivity index (χ0) is 14.2. The van der Waals surface area contributed by atoms with Crippen molar-refractivity contribution in [3.8, 4) is 11.5 Å². The van der Waals surface area contributed by atoms with Gasteiger partial charge >= 0.3 is 0 Å². The number of anilines is 1. The summed E-state index contributed by atoms with van der Waals surface area (Å²) in [4.78, 5) is 11.6. The summed E-state index contributed by atoms with van der Waals surface area (Å²) in [5.41, 5.74) is 0.695. The van der Waals surface area contributed by atoms with Gasteiger partial charge < -0.3 is 14.8 Å². The standard InChI is InChI=1S/C16H15NO3/c1-19-14-9-7-13(8-10-14)17-16(18)11-12-20-15-5-3-2-4-6-15/h2-12H,1H3,(H,17,18). The predicted molar refractivity (Wildman–Crippen MR) is 77.8 cm³/mol. The molecule has 0 atom stereocenters. The summed E-state index contributed by atoms with van der Waals surface area (Å²) < 4.78 is 10.3. The van der Waals surface area contributed by atoms with Crippen LogP contribution < -0.4 is 14.8 Å². The monoisotopic (exact) mass is 269 g/mol. The van der Waals surface area contributed by atoms with Crippen LogP contribution in [0.1, 0.15) is 0 Å². The molecule has 1 amide bonds. The van der Waals surface area contributed by atoms with Gasteiger partial charge in [0.05, 0.1) is 13.4 Å². The molecule has 20 heavy (non-hydrogen) atoms. The first-order chi connectivity index (χ1) is 9.78. The lowest BCUT2D eigenvalue weighted by molar-refractivity contribution is -0.112. The zero-order valence-electron chi connectivity index (χ0n) is 11.1. The Balaban J connectivity index is 1.85. The Hall–Kier alpha value is -2.75. The van der Waals surface area contributed by atoms with Crippen LogP contribution in [-0.4, -0.2) is 13.0 Å². The average Bonchev–Trinajstić information content (AvgIpc) is 2.49. The third kappa shape index (κ3) is 4.17. The molecule has 2 aromatic rings. The maximum atomic E-state index is 11.6. The van der Waals surface area contributed by atoms with Gasteiger partial charge in [0.1, 0.15) is 11.5 Å². The summed E-state index contributed by atoms with van der Waals surface area (Å²) in [6.07, 6.45) is 2.69. The first kappa shape index (κ1) is 13.7. The van der Waals surface area contributed by atoms with Crippen LogP contribution in [0.4, 0.5) is 5.69 Å². The van der Waals surface area contributed by atoms with E-state index in [4.69, 9.17) is 9.47 Å². The molecule has 2 rings (SSSR count). The molecule has 1 N–H and O–H groups in total. The van der Waals surface area contributed by atoms with Crippen LogP contribution in [0.5, 0.6) is 11.5 Å². The van der Waals surface area contributed by atoms with E-state index in [1.807, 2.05) is 30.3 Å². The third-order valence-corrected chi connectivity index (χ3v) is 2.52. The minimum atomic E-state index is -0.258. The van der Waals surface area contributed by atoms with Crippen molar-refractivity contribution in [3.05, 3.63) is 66.9 Å². The topological polar surface area (TPSA) is 47.6 Å². The first-order valence-electron chi connectivity index (χ1n) is 6.11. The summed E-state index contributed by atoms with van der Waals surface area (Å²) in [6.45, 7) is 0. The zero-order valence-corrected chi connectivity index (χ0v) is 11.1. The molecule has 0 radical (unpaired) electrons. The van der Waals surface area contributed by atoms with Crippen molar-refractivity contribution in [3.63, 3.8) is 0 Å². The molecule has 0 saturated carbocycles. The highest BCUT2D eigenvalue weighted by Gasteiger charge is 1.98. The molecular formula is C16H15NO3. The highest BCUT2D eigenvalue weighted by atomic mass is 16.5. The maximum Gasteiger partial charge on any atom is 0.251 e. The Kier molecular flexibility index (Phi) is 4.78. The Labute approximate surface area is 117 Å². The van der Waals surface area contributed by atoms with Crippen molar-refractivity contribution in [2.75, 3.05) is 12.4 Å². The summed E-state index contributed by atoms with van der Waals surface area (Å²) in [7, 11) is 1.59. The second-order valence-corrected chi connectivity index (χ2v) is 3.95. The molecular weight excluding hydrogens is 254 g/mol. The smallest absolute Gasteiger partial charge is 0.251 e. The Morgan fingerprint density at radius 1 is 1.00 bits per heavy atom. The van der Waals surface area contributed by atoms with Gasteiger partial charge in [-0.3, -0.25) is 4.79 Å². The fraction of sp³-hybridized carbons (Fsp3) is 0.0625. The highest BCUT2D eigenvalue weighted by molar-refractivity contribution is 5.99. The fourth-order valence-corrected chi connectivity index (χ4v) is 1.53. The van der Waals surface area contributed by atoms with E-state index in [1.165, 1.54) is 12.3 Å². The van der Waals surface area contributed by atoms with Crippen molar-refractivity contribution < 1.29 is 14.3 Å². The van der Waals surface area contributed by atoms with E-state index in [-0.39, 0.29) is 5.91 Å². The maximum absolute atomic E-state index is 11.6. The van der Waals surface area contributed by atoms with Gasteiger partial charge in [0.25, 0.3) is 5.91 Å². The van der Waals surface area contributed by atoms with Gasteiger partial charge in [-0.1, -0.05) is 18.2 Å². The third-order valence-electron chi connectivity index (χ3n) is 2.52. The normalized spacial score (nSPS) is 10.2. The van der Waals surface area contributed by atoms with E-state index in [9.17, 15) is 4.79 Å². The first-order valence-corrected chi connectivity index (χ1v) is 6.11. The number of carbonyl (C=O) groups is 1. The van der Waals surface area contributed by atoms with Crippen LogP contribution in [0, 0.1) is 0 Å². The van der Waals surface area contributed by atoms with E-state index in [2.05, 4.69) is 5.32 Å². The van der Waals surface area contributed by atoms with Crippen molar-refractivity contribution >= 4 is 11.6 Å². The number of hydrogen-bond acceptors (Lipinski definition) is 3. The van der Waals surface area contributed by atoms with Crippen LogP contribution in [0.2, 0.25) is 0 Å². The lowest BCUT2D eigenvalue weighted by Crippen LogP contribution is -2.08. The predicted octanol–water partition coefficient (Wildman–Crippen LogP) is 3.23. The molecule has 4 nitrogen and oxygen atoms in total. The second kappa shape index (κ2) is 6.99. The number of methoxy groups -OCH3 is 1. The van der Waals surface area contributed by atoms with Gasteiger partial charge in [0.15, 0.2) is 0 Å². The molecule has 0 fully saturated rings. The molecule has 0 heterocycles. The van der Waals surface area contributed by atoms with Crippen LogP contribution in [0.3, 0.4) is 0 Å². The SMILES string of the molecule is COc1ccc(NC(=O)C=COc2ccccc2)cc1. The lowest BCUT2D eigenvalue weighted by Gasteiger charge is -2.04. The molecule has 102 valence electrons. The molecule has 4 heteroatoms. The molecule has 0 bridgehead atoms.